The SMILES string of the molecule is Cc1ccc(Cn2cc(C3CCN(Cc4ccccc4C)C(=O)C3)c3ccccc32)cc1. The van der Waals surface area contributed by atoms with Crippen LogP contribution in [0.1, 0.15) is 46.6 Å². The summed E-state index contributed by atoms with van der Waals surface area (Å²) < 4.78 is 2.35. The van der Waals surface area contributed by atoms with E-state index in [1.165, 1.54) is 38.7 Å². The lowest BCUT2D eigenvalue weighted by molar-refractivity contribution is -0.134. The highest BCUT2D eigenvalue weighted by atomic mass is 16.2. The van der Waals surface area contributed by atoms with E-state index in [0.29, 0.717) is 13.0 Å². The standard InChI is InChI=1S/C29H30N2O/c1-21-11-13-23(14-12-21)18-31-20-27(26-9-5-6-10-28(26)31)24-15-16-30(29(32)17-24)19-25-8-4-3-7-22(25)2/h3-14,20,24H,15-19H2,1-2H3. The molecule has 2 heterocycles. The molecule has 3 heteroatoms. The normalized spacial score (nSPS) is 16.6. The Bertz CT molecular complexity index is 1250. The lowest BCUT2D eigenvalue weighted by Crippen LogP contribution is -2.37. The molecular weight excluding hydrogens is 392 g/mol. The molecule has 3 nitrogen and oxygen atoms in total. The van der Waals surface area contributed by atoms with E-state index in [0.717, 1.165) is 19.5 Å². The number of rotatable bonds is 5. The van der Waals surface area contributed by atoms with Crippen LogP contribution in [0.15, 0.2) is 79.0 Å². The minimum Gasteiger partial charge on any atom is -0.343 e. The second-order valence-corrected chi connectivity index (χ2v) is 9.15. The molecule has 0 spiro atoms. The van der Waals surface area contributed by atoms with Crippen molar-refractivity contribution in [2.75, 3.05) is 6.54 Å². The number of benzene rings is 3. The molecule has 162 valence electrons. The van der Waals surface area contributed by atoms with Gasteiger partial charge >= 0.3 is 0 Å². The summed E-state index contributed by atoms with van der Waals surface area (Å²) in [5.41, 5.74) is 7.64. The molecule has 1 fully saturated rings. The first kappa shape index (κ1) is 20.6. The summed E-state index contributed by atoms with van der Waals surface area (Å²) in [6.07, 6.45) is 3.89. The van der Waals surface area contributed by atoms with Crippen molar-refractivity contribution in [3.63, 3.8) is 0 Å². The minimum atomic E-state index is 0.264. The van der Waals surface area contributed by atoms with Crippen LogP contribution in [0.25, 0.3) is 10.9 Å². The van der Waals surface area contributed by atoms with Crippen LogP contribution in [0.4, 0.5) is 0 Å². The first-order chi connectivity index (χ1) is 15.6. The smallest absolute Gasteiger partial charge is 0.223 e. The first-order valence-electron chi connectivity index (χ1n) is 11.5. The third-order valence-corrected chi connectivity index (χ3v) is 6.88. The molecule has 4 aromatic rings. The maximum absolute atomic E-state index is 13.1. The number of amides is 1. The fourth-order valence-corrected chi connectivity index (χ4v) is 4.93. The van der Waals surface area contributed by atoms with Crippen molar-refractivity contribution in [3.8, 4) is 0 Å². The number of piperidine rings is 1. The van der Waals surface area contributed by atoms with Crippen LogP contribution in [0.5, 0.6) is 0 Å². The van der Waals surface area contributed by atoms with E-state index in [1.54, 1.807) is 0 Å². The highest BCUT2D eigenvalue weighted by Gasteiger charge is 2.29. The number of para-hydroxylation sites is 1. The van der Waals surface area contributed by atoms with Gasteiger partial charge in [-0.3, -0.25) is 4.79 Å². The van der Waals surface area contributed by atoms with Gasteiger partial charge in [0.15, 0.2) is 0 Å². The zero-order valence-electron chi connectivity index (χ0n) is 18.9. The predicted octanol–water partition coefficient (Wildman–Crippen LogP) is 6.21. The van der Waals surface area contributed by atoms with E-state index in [2.05, 4.69) is 97.4 Å². The molecule has 1 aliphatic heterocycles. The average molecular weight is 423 g/mol. The zero-order valence-corrected chi connectivity index (χ0v) is 18.9. The number of carbonyl (C=O) groups excluding carboxylic acids is 1. The molecule has 0 radical (unpaired) electrons. The lowest BCUT2D eigenvalue weighted by Gasteiger charge is -2.32. The summed E-state index contributed by atoms with van der Waals surface area (Å²) in [6.45, 7) is 6.62. The Morgan fingerprint density at radius 2 is 1.62 bits per heavy atom. The highest BCUT2D eigenvalue weighted by molar-refractivity contribution is 5.86. The second-order valence-electron chi connectivity index (χ2n) is 9.15. The van der Waals surface area contributed by atoms with Crippen molar-refractivity contribution < 1.29 is 4.79 Å². The van der Waals surface area contributed by atoms with Gasteiger partial charge in [-0.15, -0.1) is 0 Å². The Labute approximate surface area is 190 Å². The van der Waals surface area contributed by atoms with Gasteiger partial charge in [0, 0.05) is 43.2 Å². The van der Waals surface area contributed by atoms with Crippen LogP contribution in [-0.2, 0) is 17.9 Å². The minimum absolute atomic E-state index is 0.264. The Kier molecular flexibility index (Phi) is 5.57. The maximum atomic E-state index is 13.1. The molecule has 3 aromatic carbocycles. The Hall–Kier alpha value is -3.33. The van der Waals surface area contributed by atoms with Crippen molar-refractivity contribution >= 4 is 16.8 Å². The second kappa shape index (κ2) is 8.66. The molecule has 1 unspecified atom stereocenters. The number of carbonyl (C=O) groups is 1. The maximum Gasteiger partial charge on any atom is 0.223 e. The third kappa shape index (κ3) is 4.08. The predicted molar refractivity (Wildman–Crippen MR) is 131 cm³/mol. The lowest BCUT2D eigenvalue weighted by atomic mass is 9.88. The molecule has 0 N–H and O–H groups in total. The Morgan fingerprint density at radius 1 is 0.875 bits per heavy atom. The summed E-state index contributed by atoms with van der Waals surface area (Å²) in [7, 11) is 0. The number of hydrogen-bond acceptors (Lipinski definition) is 1. The summed E-state index contributed by atoms with van der Waals surface area (Å²) in [5, 5.41) is 1.28. The van der Waals surface area contributed by atoms with Crippen LogP contribution < -0.4 is 0 Å². The van der Waals surface area contributed by atoms with Crippen LogP contribution in [0.3, 0.4) is 0 Å². The van der Waals surface area contributed by atoms with Crippen molar-refractivity contribution in [2.45, 2.75) is 45.7 Å². The van der Waals surface area contributed by atoms with Crippen molar-refractivity contribution in [2.24, 2.45) is 0 Å². The monoisotopic (exact) mass is 422 g/mol. The number of aryl methyl sites for hydroxylation is 2. The molecule has 0 saturated carbocycles. The average Bonchev–Trinajstić information content (AvgIpc) is 3.16. The Balaban J connectivity index is 1.38. The van der Waals surface area contributed by atoms with E-state index in [9.17, 15) is 4.79 Å². The van der Waals surface area contributed by atoms with Crippen LogP contribution in [0, 0.1) is 13.8 Å². The zero-order chi connectivity index (χ0) is 22.1. The molecule has 5 rings (SSSR count). The number of likely N-dealkylation sites (tertiary alicyclic amines) is 1. The largest absolute Gasteiger partial charge is 0.343 e. The fourth-order valence-electron chi connectivity index (χ4n) is 4.93. The van der Waals surface area contributed by atoms with Gasteiger partial charge in [-0.1, -0.05) is 72.3 Å². The van der Waals surface area contributed by atoms with Crippen LogP contribution >= 0.6 is 0 Å². The van der Waals surface area contributed by atoms with Gasteiger partial charge in [0.05, 0.1) is 0 Å². The Morgan fingerprint density at radius 3 is 2.41 bits per heavy atom. The van der Waals surface area contributed by atoms with Crippen molar-refractivity contribution in [3.05, 3.63) is 107 Å². The van der Waals surface area contributed by atoms with E-state index in [-0.39, 0.29) is 11.8 Å². The van der Waals surface area contributed by atoms with Gasteiger partial charge in [0.2, 0.25) is 5.91 Å². The van der Waals surface area contributed by atoms with E-state index >= 15 is 0 Å². The summed E-state index contributed by atoms with van der Waals surface area (Å²) in [5.74, 6) is 0.541. The third-order valence-electron chi connectivity index (χ3n) is 6.88. The van der Waals surface area contributed by atoms with Gasteiger partial charge in [0.25, 0.3) is 0 Å². The van der Waals surface area contributed by atoms with Gasteiger partial charge in [-0.2, -0.15) is 0 Å². The molecule has 1 aromatic heterocycles. The summed E-state index contributed by atoms with van der Waals surface area (Å²) >= 11 is 0. The molecular formula is C29H30N2O. The highest BCUT2D eigenvalue weighted by Crippen LogP contribution is 2.35. The van der Waals surface area contributed by atoms with E-state index in [1.807, 2.05) is 4.90 Å². The summed E-state index contributed by atoms with van der Waals surface area (Å²) in [6, 6.07) is 25.7. The van der Waals surface area contributed by atoms with Gasteiger partial charge in [0.1, 0.15) is 0 Å². The van der Waals surface area contributed by atoms with Gasteiger partial charge in [-0.05, 0) is 54.5 Å². The number of hydrogen-bond donors (Lipinski definition) is 0. The van der Waals surface area contributed by atoms with E-state index in [4.69, 9.17) is 0 Å². The van der Waals surface area contributed by atoms with E-state index < -0.39 is 0 Å². The summed E-state index contributed by atoms with van der Waals surface area (Å²) in [4.78, 5) is 15.1. The van der Waals surface area contributed by atoms with Crippen LogP contribution in [0.2, 0.25) is 0 Å². The first-order valence-corrected chi connectivity index (χ1v) is 11.5. The number of fused-ring (bicyclic) bond motifs is 1. The van der Waals surface area contributed by atoms with Crippen molar-refractivity contribution in [1.29, 1.82) is 0 Å². The fraction of sp³-hybridized carbons (Fsp3) is 0.276. The van der Waals surface area contributed by atoms with Gasteiger partial charge in [-0.25, -0.2) is 0 Å². The number of nitrogens with zero attached hydrogens (tertiary/aromatic N) is 2. The van der Waals surface area contributed by atoms with Crippen molar-refractivity contribution in [1.82, 2.24) is 9.47 Å². The van der Waals surface area contributed by atoms with Gasteiger partial charge < -0.3 is 9.47 Å². The molecule has 1 aliphatic rings. The van der Waals surface area contributed by atoms with Crippen LogP contribution in [-0.4, -0.2) is 21.9 Å². The molecule has 0 bridgehead atoms. The molecule has 1 saturated heterocycles. The quantitative estimate of drug-likeness (QED) is 0.375. The molecule has 0 aliphatic carbocycles. The molecule has 1 atom stereocenters. The molecule has 32 heavy (non-hydrogen) atoms. The number of aromatic nitrogens is 1. The topological polar surface area (TPSA) is 25.2 Å². The molecule has 1 amide bonds.